The molecule has 0 bridgehead atoms. The smallest absolute Gasteiger partial charge is 0.188 e. The first-order valence-corrected chi connectivity index (χ1v) is 11.4. The van der Waals surface area contributed by atoms with Crippen LogP contribution in [0.3, 0.4) is 0 Å². The third kappa shape index (κ3) is 6.57. The number of allylic oxidation sites excluding steroid dienone is 5. The van der Waals surface area contributed by atoms with Crippen LogP contribution in [0.5, 0.6) is 11.5 Å². The molecule has 1 atom stereocenters. The molecule has 0 amide bonds. The first-order valence-electron chi connectivity index (χ1n) is 11.4. The fourth-order valence-electron chi connectivity index (χ4n) is 4.00. The van der Waals surface area contributed by atoms with Crippen LogP contribution in [0.4, 0.5) is 0 Å². The van der Waals surface area contributed by atoms with Crippen molar-refractivity contribution in [3.63, 3.8) is 0 Å². The molecule has 1 aliphatic carbocycles. The van der Waals surface area contributed by atoms with Crippen molar-refractivity contribution in [2.45, 2.75) is 39.5 Å². The summed E-state index contributed by atoms with van der Waals surface area (Å²) < 4.78 is 15.9. The van der Waals surface area contributed by atoms with Crippen molar-refractivity contribution in [3.05, 3.63) is 66.0 Å². The molecule has 1 aromatic carbocycles. The molecule has 1 unspecified atom stereocenters. The molecule has 0 radical (unpaired) electrons. The molecule has 0 fully saturated rings. The summed E-state index contributed by atoms with van der Waals surface area (Å²) in [6.07, 6.45) is 5.12. The second kappa shape index (κ2) is 12.3. The minimum atomic E-state index is -1.54. The van der Waals surface area contributed by atoms with Gasteiger partial charge in [-0.05, 0) is 57.7 Å². The Hall–Kier alpha value is -3.45. The molecule has 0 heterocycles. The first kappa shape index (κ1) is 27.8. The number of aliphatic hydroxyl groups excluding tert-OH is 1. The first-order chi connectivity index (χ1) is 16.6. The predicted molar refractivity (Wildman–Crippen MR) is 134 cm³/mol. The van der Waals surface area contributed by atoms with Gasteiger partial charge in [0.2, 0.25) is 0 Å². The van der Waals surface area contributed by atoms with Gasteiger partial charge in [-0.25, -0.2) is 0 Å². The summed E-state index contributed by atoms with van der Waals surface area (Å²) >= 11 is 0. The molecule has 0 aliphatic heterocycles. The molecule has 0 saturated heterocycles. The van der Waals surface area contributed by atoms with Gasteiger partial charge >= 0.3 is 0 Å². The van der Waals surface area contributed by atoms with E-state index in [0.717, 1.165) is 17.2 Å². The topological polar surface area (TPSA) is 99.1 Å². The quantitative estimate of drug-likeness (QED) is 0.179. The molecular weight excluding hydrogens is 448 g/mol. The maximum atomic E-state index is 13.7. The van der Waals surface area contributed by atoms with Crippen LogP contribution in [-0.4, -0.2) is 43.5 Å². The van der Waals surface area contributed by atoms with E-state index >= 15 is 0 Å². The van der Waals surface area contributed by atoms with Gasteiger partial charge in [-0.1, -0.05) is 23.3 Å². The highest BCUT2D eigenvalue weighted by molar-refractivity contribution is 6.28. The lowest BCUT2D eigenvalue weighted by molar-refractivity contribution is -0.143. The molecule has 1 aromatic rings. The Morgan fingerprint density at radius 1 is 1.11 bits per heavy atom. The molecule has 1 N–H and O–H groups in total. The third-order valence-corrected chi connectivity index (χ3v) is 6.01. The number of benzene rings is 1. The highest BCUT2D eigenvalue weighted by Gasteiger charge is 2.51. The molecule has 1 aliphatic rings. The molecule has 0 saturated carbocycles. The molecule has 7 heteroatoms. The normalized spacial score (nSPS) is 17.3. The standard InChI is InChI=1S/C28H34O7/c1-18(2)12-14-28(15-13-19(3)4)24(31)16-22(30)25(27(28)32)21(29)11-10-20-8-7-9-23(34-6)26(20)35-17-33-5/h7-11,16,25,31H,1,3,12-15,17H2,2,4-6H3. The number of methoxy groups -OCH3 is 2. The van der Waals surface area contributed by atoms with Crippen LogP contribution in [0.15, 0.2) is 60.4 Å². The SMILES string of the molecule is C=C(C)CCC1(CCC(=C)C)C(=O)C(C(=O)C=Cc2cccc(OC)c2OCOC)C(=O)C=C1O. The van der Waals surface area contributed by atoms with Crippen LogP contribution < -0.4 is 9.47 Å². The average molecular weight is 483 g/mol. The van der Waals surface area contributed by atoms with Crippen molar-refractivity contribution in [2.75, 3.05) is 21.0 Å². The van der Waals surface area contributed by atoms with Gasteiger partial charge in [0.1, 0.15) is 11.7 Å². The minimum Gasteiger partial charge on any atom is -0.511 e. The highest BCUT2D eigenvalue weighted by atomic mass is 16.7. The molecule has 7 nitrogen and oxygen atoms in total. The summed E-state index contributed by atoms with van der Waals surface area (Å²) in [5, 5.41) is 10.8. The number of ether oxygens (including phenoxy) is 3. The fourth-order valence-corrected chi connectivity index (χ4v) is 4.00. The predicted octanol–water partition coefficient (Wildman–Crippen LogP) is 5.17. The van der Waals surface area contributed by atoms with Crippen molar-refractivity contribution < 1.29 is 33.7 Å². The lowest BCUT2D eigenvalue weighted by atomic mass is 9.64. The van der Waals surface area contributed by atoms with Gasteiger partial charge in [0, 0.05) is 18.7 Å². The summed E-state index contributed by atoms with van der Waals surface area (Å²) in [6.45, 7) is 11.4. The van der Waals surface area contributed by atoms with Crippen LogP contribution in [0.2, 0.25) is 0 Å². The molecule has 0 aromatic heterocycles. The van der Waals surface area contributed by atoms with Gasteiger partial charge in [0.25, 0.3) is 0 Å². The molecule has 0 spiro atoms. The van der Waals surface area contributed by atoms with Crippen LogP contribution in [0, 0.1) is 11.3 Å². The van der Waals surface area contributed by atoms with Gasteiger partial charge in [-0.2, -0.15) is 0 Å². The Morgan fingerprint density at radius 3 is 2.29 bits per heavy atom. The summed E-state index contributed by atoms with van der Waals surface area (Å²) in [6, 6.07) is 5.13. The minimum absolute atomic E-state index is 0.0349. The van der Waals surface area contributed by atoms with E-state index in [1.807, 2.05) is 13.8 Å². The van der Waals surface area contributed by atoms with Gasteiger partial charge < -0.3 is 19.3 Å². The number of carbonyl (C=O) groups excluding carboxylic acids is 3. The zero-order valence-corrected chi connectivity index (χ0v) is 20.9. The lowest BCUT2D eigenvalue weighted by Gasteiger charge is -2.37. The van der Waals surface area contributed by atoms with E-state index in [2.05, 4.69) is 13.2 Å². The van der Waals surface area contributed by atoms with Gasteiger partial charge in [-0.3, -0.25) is 14.4 Å². The lowest BCUT2D eigenvalue weighted by Crippen LogP contribution is -2.47. The van der Waals surface area contributed by atoms with Gasteiger partial charge in [-0.15, -0.1) is 13.2 Å². The van der Waals surface area contributed by atoms with Crippen molar-refractivity contribution in [1.82, 2.24) is 0 Å². The van der Waals surface area contributed by atoms with E-state index in [4.69, 9.17) is 14.2 Å². The summed E-state index contributed by atoms with van der Waals surface area (Å²) in [5.74, 6) is -3.03. The molecule has 2 rings (SSSR count). The Kier molecular flexibility index (Phi) is 9.78. The fraction of sp³-hybridized carbons (Fsp3) is 0.393. The zero-order chi connectivity index (χ0) is 26.2. The van der Waals surface area contributed by atoms with E-state index < -0.39 is 28.7 Å². The molecule has 188 valence electrons. The number of ketones is 3. The van der Waals surface area contributed by atoms with Crippen molar-refractivity contribution >= 4 is 23.4 Å². The number of rotatable bonds is 13. The largest absolute Gasteiger partial charge is 0.511 e. The van der Waals surface area contributed by atoms with E-state index in [1.165, 1.54) is 26.4 Å². The second-order valence-corrected chi connectivity index (χ2v) is 8.89. The van der Waals surface area contributed by atoms with Crippen molar-refractivity contribution in [1.29, 1.82) is 0 Å². The summed E-state index contributed by atoms with van der Waals surface area (Å²) in [7, 11) is 2.97. The summed E-state index contributed by atoms with van der Waals surface area (Å²) in [4.78, 5) is 39.6. The van der Waals surface area contributed by atoms with Gasteiger partial charge in [0.05, 0.1) is 12.5 Å². The Morgan fingerprint density at radius 2 is 1.74 bits per heavy atom. The number of hydrogen-bond acceptors (Lipinski definition) is 7. The third-order valence-electron chi connectivity index (χ3n) is 6.01. The summed E-state index contributed by atoms with van der Waals surface area (Å²) in [5.41, 5.74) is 0.839. The maximum Gasteiger partial charge on any atom is 0.188 e. The van der Waals surface area contributed by atoms with Crippen LogP contribution in [0.1, 0.15) is 45.1 Å². The van der Waals surface area contributed by atoms with Crippen molar-refractivity contribution in [2.24, 2.45) is 11.3 Å². The number of Topliss-reactive ketones (excluding diaryl/α,β-unsaturated/α-hetero) is 1. The van der Waals surface area contributed by atoms with Crippen LogP contribution in [0.25, 0.3) is 6.08 Å². The number of para-hydroxylation sites is 1. The Labute approximate surface area is 206 Å². The van der Waals surface area contributed by atoms with E-state index in [1.54, 1.807) is 18.2 Å². The van der Waals surface area contributed by atoms with E-state index in [9.17, 15) is 19.5 Å². The van der Waals surface area contributed by atoms with Crippen LogP contribution in [-0.2, 0) is 19.1 Å². The molecule has 35 heavy (non-hydrogen) atoms. The van der Waals surface area contributed by atoms with E-state index in [-0.39, 0.29) is 25.4 Å². The van der Waals surface area contributed by atoms with E-state index in [0.29, 0.717) is 29.9 Å². The Bertz CT molecular complexity index is 1040. The number of aliphatic hydroxyl groups is 1. The Balaban J connectivity index is 2.43. The highest BCUT2D eigenvalue weighted by Crippen LogP contribution is 2.44. The average Bonchev–Trinajstić information content (AvgIpc) is 2.80. The number of carbonyl (C=O) groups is 3. The maximum absolute atomic E-state index is 13.7. The van der Waals surface area contributed by atoms with Crippen molar-refractivity contribution in [3.8, 4) is 11.5 Å². The van der Waals surface area contributed by atoms with Crippen LogP contribution >= 0.6 is 0 Å². The molecular formula is C28H34O7. The second-order valence-electron chi connectivity index (χ2n) is 8.89. The van der Waals surface area contributed by atoms with Gasteiger partial charge in [0.15, 0.2) is 35.6 Å². The zero-order valence-electron chi connectivity index (χ0n) is 20.9. The number of hydrogen-bond donors (Lipinski definition) is 1. The monoisotopic (exact) mass is 482 g/mol.